The molecule has 2 unspecified atom stereocenters. The monoisotopic (exact) mass is 228 g/mol. The van der Waals surface area contributed by atoms with E-state index >= 15 is 0 Å². The van der Waals surface area contributed by atoms with Crippen LogP contribution in [0.25, 0.3) is 0 Å². The van der Waals surface area contributed by atoms with E-state index in [2.05, 4.69) is 10.3 Å². The van der Waals surface area contributed by atoms with Crippen molar-refractivity contribution in [1.29, 1.82) is 0 Å². The zero-order chi connectivity index (χ0) is 10.5. The van der Waals surface area contributed by atoms with Crippen LogP contribution in [0.1, 0.15) is 24.6 Å². The van der Waals surface area contributed by atoms with Crippen molar-refractivity contribution in [3.63, 3.8) is 0 Å². The summed E-state index contributed by atoms with van der Waals surface area (Å²) in [5.74, 6) is 0. The van der Waals surface area contributed by atoms with Crippen molar-refractivity contribution in [1.82, 2.24) is 10.3 Å². The minimum atomic E-state index is -0.0551. The first-order chi connectivity index (χ1) is 7.40. The van der Waals surface area contributed by atoms with Gasteiger partial charge in [-0.05, 0) is 12.8 Å². The first-order valence-electron chi connectivity index (χ1n) is 5.24. The number of aromatic nitrogens is 1. The van der Waals surface area contributed by atoms with Gasteiger partial charge in [-0.1, -0.05) is 0 Å². The molecule has 2 heterocycles. The van der Waals surface area contributed by atoms with Crippen LogP contribution in [0.5, 0.6) is 0 Å². The van der Waals surface area contributed by atoms with Crippen molar-refractivity contribution >= 4 is 11.3 Å². The molecule has 0 spiro atoms. The standard InChI is InChI=1S/C10H16N2O2S/c13-5-9(10-6-15-7-12-10)11-4-8-2-1-3-14-8/h6-9,11,13H,1-5H2. The summed E-state index contributed by atoms with van der Waals surface area (Å²) in [7, 11) is 0. The van der Waals surface area contributed by atoms with Crippen LogP contribution in [0, 0.1) is 0 Å². The van der Waals surface area contributed by atoms with E-state index < -0.39 is 0 Å². The quantitative estimate of drug-likeness (QED) is 0.787. The number of rotatable bonds is 5. The molecule has 1 fully saturated rings. The van der Waals surface area contributed by atoms with Gasteiger partial charge in [0.2, 0.25) is 0 Å². The average molecular weight is 228 g/mol. The van der Waals surface area contributed by atoms with Crippen molar-refractivity contribution in [2.45, 2.75) is 25.0 Å². The number of ether oxygens (including phenoxy) is 1. The summed E-state index contributed by atoms with van der Waals surface area (Å²) in [6.45, 7) is 1.74. The van der Waals surface area contributed by atoms with Gasteiger partial charge in [0.1, 0.15) is 0 Å². The lowest BCUT2D eigenvalue weighted by molar-refractivity contribution is 0.103. The number of thiazole rings is 1. The maximum absolute atomic E-state index is 9.23. The Morgan fingerprint density at radius 2 is 2.67 bits per heavy atom. The van der Waals surface area contributed by atoms with Crippen molar-refractivity contribution in [3.8, 4) is 0 Å². The number of hydrogen-bond acceptors (Lipinski definition) is 5. The highest BCUT2D eigenvalue weighted by atomic mass is 32.1. The SMILES string of the molecule is OCC(NCC1CCCO1)c1cscn1. The van der Waals surface area contributed by atoms with Gasteiger partial charge < -0.3 is 15.2 Å². The summed E-state index contributed by atoms with van der Waals surface area (Å²) in [4.78, 5) is 4.19. The predicted octanol–water partition coefficient (Wildman–Crippen LogP) is 0.945. The number of aliphatic hydroxyl groups excluding tert-OH is 1. The van der Waals surface area contributed by atoms with E-state index in [0.717, 1.165) is 31.7 Å². The highest BCUT2D eigenvalue weighted by Crippen LogP contribution is 2.15. The Hall–Kier alpha value is -0.490. The largest absolute Gasteiger partial charge is 0.394 e. The molecule has 0 bridgehead atoms. The zero-order valence-corrected chi connectivity index (χ0v) is 9.37. The lowest BCUT2D eigenvalue weighted by atomic mass is 10.2. The van der Waals surface area contributed by atoms with Gasteiger partial charge in [0.05, 0.1) is 30.0 Å². The van der Waals surface area contributed by atoms with E-state index in [-0.39, 0.29) is 12.6 Å². The molecular weight excluding hydrogens is 212 g/mol. The van der Waals surface area contributed by atoms with E-state index in [4.69, 9.17) is 4.74 Å². The summed E-state index contributed by atoms with van der Waals surface area (Å²) in [6, 6.07) is -0.0551. The fraction of sp³-hybridized carbons (Fsp3) is 0.700. The number of nitrogens with one attached hydrogen (secondary N) is 1. The van der Waals surface area contributed by atoms with Gasteiger partial charge in [0.25, 0.3) is 0 Å². The molecule has 84 valence electrons. The van der Waals surface area contributed by atoms with Crippen LogP contribution in [0.3, 0.4) is 0 Å². The second-order valence-electron chi connectivity index (χ2n) is 3.69. The molecule has 1 saturated heterocycles. The molecule has 2 rings (SSSR count). The number of aliphatic hydroxyl groups is 1. The molecule has 4 nitrogen and oxygen atoms in total. The van der Waals surface area contributed by atoms with E-state index in [9.17, 15) is 5.11 Å². The van der Waals surface area contributed by atoms with Crippen molar-refractivity contribution in [3.05, 3.63) is 16.6 Å². The van der Waals surface area contributed by atoms with Crippen molar-refractivity contribution in [2.75, 3.05) is 19.8 Å². The Balaban J connectivity index is 1.80. The Kier molecular flexibility index (Phi) is 4.08. The van der Waals surface area contributed by atoms with Gasteiger partial charge in [0, 0.05) is 18.5 Å². The van der Waals surface area contributed by atoms with Gasteiger partial charge in [-0.15, -0.1) is 11.3 Å². The second kappa shape index (κ2) is 5.55. The molecule has 2 N–H and O–H groups in total. The summed E-state index contributed by atoms with van der Waals surface area (Å²) < 4.78 is 5.50. The van der Waals surface area contributed by atoms with E-state index in [1.807, 2.05) is 5.38 Å². The van der Waals surface area contributed by atoms with Gasteiger partial charge in [-0.25, -0.2) is 4.98 Å². The first kappa shape index (κ1) is 11.0. The molecule has 1 aliphatic heterocycles. The smallest absolute Gasteiger partial charge is 0.0795 e. The van der Waals surface area contributed by atoms with E-state index in [1.54, 1.807) is 16.8 Å². The summed E-state index contributed by atoms with van der Waals surface area (Å²) in [5.41, 5.74) is 2.70. The Bertz CT molecular complexity index is 273. The summed E-state index contributed by atoms with van der Waals surface area (Å²) in [5, 5.41) is 14.5. The highest BCUT2D eigenvalue weighted by molar-refractivity contribution is 7.07. The Morgan fingerprint density at radius 1 is 1.73 bits per heavy atom. The fourth-order valence-electron chi connectivity index (χ4n) is 1.74. The third-order valence-corrected chi connectivity index (χ3v) is 3.21. The van der Waals surface area contributed by atoms with Crippen molar-refractivity contribution < 1.29 is 9.84 Å². The number of hydrogen-bond donors (Lipinski definition) is 2. The molecule has 1 aliphatic rings. The van der Waals surface area contributed by atoms with E-state index in [0.29, 0.717) is 6.10 Å². The molecule has 5 heteroatoms. The fourth-order valence-corrected chi connectivity index (χ4v) is 2.34. The lowest BCUT2D eigenvalue weighted by Crippen LogP contribution is -2.32. The molecular formula is C10H16N2O2S. The van der Waals surface area contributed by atoms with Crippen LogP contribution in [0.4, 0.5) is 0 Å². The van der Waals surface area contributed by atoms with Gasteiger partial charge in [-0.2, -0.15) is 0 Å². The van der Waals surface area contributed by atoms with Crippen LogP contribution in [0.2, 0.25) is 0 Å². The lowest BCUT2D eigenvalue weighted by Gasteiger charge is -2.17. The van der Waals surface area contributed by atoms with Crippen LogP contribution in [-0.2, 0) is 4.74 Å². The van der Waals surface area contributed by atoms with Crippen molar-refractivity contribution in [2.24, 2.45) is 0 Å². The molecule has 1 aromatic rings. The Labute approximate surface area is 93.3 Å². The van der Waals surface area contributed by atoms with E-state index in [1.165, 1.54) is 0 Å². The maximum atomic E-state index is 9.23. The first-order valence-corrected chi connectivity index (χ1v) is 6.18. The van der Waals surface area contributed by atoms with Gasteiger partial charge >= 0.3 is 0 Å². The molecule has 2 atom stereocenters. The summed E-state index contributed by atoms with van der Waals surface area (Å²) >= 11 is 1.55. The molecule has 0 radical (unpaired) electrons. The topological polar surface area (TPSA) is 54.4 Å². The van der Waals surface area contributed by atoms with Crippen LogP contribution < -0.4 is 5.32 Å². The van der Waals surface area contributed by atoms with Crippen LogP contribution in [-0.4, -0.2) is 36.0 Å². The minimum Gasteiger partial charge on any atom is -0.394 e. The Morgan fingerprint density at radius 3 is 3.27 bits per heavy atom. The third kappa shape index (κ3) is 2.98. The normalized spacial score (nSPS) is 23.1. The summed E-state index contributed by atoms with van der Waals surface area (Å²) in [6.07, 6.45) is 2.56. The molecule has 1 aromatic heterocycles. The molecule has 15 heavy (non-hydrogen) atoms. The third-order valence-electron chi connectivity index (χ3n) is 2.61. The molecule has 0 aromatic carbocycles. The minimum absolute atomic E-state index is 0.0551. The number of nitrogens with zero attached hydrogens (tertiary/aromatic N) is 1. The predicted molar refractivity (Wildman–Crippen MR) is 58.9 cm³/mol. The van der Waals surface area contributed by atoms with Gasteiger partial charge in [0.15, 0.2) is 0 Å². The van der Waals surface area contributed by atoms with Gasteiger partial charge in [-0.3, -0.25) is 0 Å². The molecule has 0 aliphatic carbocycles. The highest BCUT2D eigenvalue weighted by Gasteiger charge is 2.18. The van der Waals surface area contributed by atoms with Crippen LogP contribution >= 0.6 is 11.3 Å². The molecule has 0 amide bonds. The maximum Gasteiger partial charge on any atom is 0.0795 e. The zero-order valence-electron chi connectivity index (χ0n) is 8.56. The second-order valence-corrected chi connectivity index (χ2v) is 4.41. The molecule has 0 saturated carbocycles. The average Bonchev–Trinajstić information content (AvgIpc) is 2.90. The van der Waals surface area contributed by atoms with Crippen LogP contribution in [0.15, 0.2) is 10.9 Å².